The summed E-state index contributed by atoms with van der Waals surface area (Å²) in [7, 11) is 5.94. The van der Waals surface area contributed by atoms with Gasteiger partial charge in [-0.3, -0.25) is 19.8 Å². The Morgan fingerprint density at radius 2 is 1.63 bits per heavy atom. The van der Waals surface area contributed by atoms with Crippen molar-refractivity contribution in [2.24, 2.45) is 5.92 Å². The van der Waals surface area contributed by atoms with Gasteiger partial charge in [-0.1, -0.05) is 24.3 Å². The first kappa shape index (κ1) is 36.1. The summed E-state index contributed by atoms with van der Waals surface area (Å²) in [6, 6.07) is 12.5. The number of nitrogens with one attached hydrogen (secondary N) is 3. The maximum Gasteiger partial charge on any atom is 0.323 e. The van der Waals surface area contributed by atoms with Gasteiger partial charge < -0.3 is 29.9 Å². The molecule has 4 amide bonds. The number of fused-ring (bicyclic) bond motifs is 1. The lowest BCUT2D eigenvalue weighted by Gasteiger charge is -2.36. The minimum atomic E-state index is -0.124. The number of nitrogens with zero attached hydrogens (tertiary/aromatic N) is 6. The fraction of sp³-hybridized carbons (Fsp3) is 0.550. The number of pyridine rings is 1. The Morgan fingerprint density at radius 1 is 0.904 bits per heavy atom. The Hall–Kier alpha value is -4.26. The Morgan fingerprint density at radius 3 is 2.37 bits per heavy atom. The molecule has 6 heterocycles. The van der Waals surface area contributed by atoms with Crippen LogP contribution in [0.2, 0.25) is 0 Å². The summed E-state index contributed by atoms with van der Waals surface area (Å²) in [5.41, 5.74) is 4.86. The first-order valence-corrected chi connectivity index (χ1v) is 19.2. The van der Waals surface area contributed by atoms with E-state index in [1.807, 2.05) is 54.2 Å². The van der Waals surface area contributed by atoms with Gasteiger partial charge in [0.15, 0.2) is 0 Å². The zero-order chi connectivity index (χ0) is 36.2. The quantitative estimate of drug-likeness (QED) is 0.316. The second-order valence-corrected chi connectivity index (χ2v) is 15.3. The molecule has 12 nitrogen and oxygen atoms in total. The highest BCUT2D eigenvalue weighted by atomic mass is 16.2. The normalized spacial score (nSPS) is 20.1. The first-order chi connectivity index (χ1) is 25.2. The van der Waals surface area contributed by atoms with Gasteiger partial charge in [-0.25, -0.2) is 9.78 Å². The van der Waals surface area contributed by atoms with Gasteiger partial charge in [0, 0.05) is 74.4 Å². The van der Waals surface area contributed by atoms with Crippen LogP contribution < -0.4 is 10.6 Å². The molecule has 0 bridgehead atoms. The van der Waals surface area contributed by atoms with Crippen molar-refractivity contribution in [3.63, 3.8) is 0 Å². The van der Waals surface area contributed by atoms with Gasteiger partial charge in [0.1, 0.15) is 11.5 Å². The average molecular weight is 710 g/mol. The lowest BCUT2D eigenvalue weighted by atomic mass is 9.92. The van der Waals surface area contributed by atoms with Crippen LogP contribution in [0.15, 0.2) is 48.7 Å². The molecule has 0 saturated carbocycles. The van der Waals surface area contributed by atoms with E-state index < -0.39 is 0 Å². The molecule has 0 unspecified atom stereocenters. The van der Waals surface area contributed by atoms with E-state index in [9.17, 15) is 14.4 Å². The van der Waals surface area contributed by atoms with Gasteiger partial charge in [0.2, 0.25) is 5.91 Å². The van der Waals surface area contributed by atoms with Gasteiger partial charge >= 0.3 is 6.03 Å². The zero-order valence-electron chi connectivity index (χ0n) is 31.1. The highest BCUT2D eigenvalue weighted by Gasteiger charge is 2.32. The molecular weight excluding hydrogens is 654 g/mol. The molecule has 4 aliphatic heterocycles. The maximum absolute atomic E-state index is 14.0. The molecule has 3 saturated heterocycles. The summed E-state index contributed by atoms with van der Waals surface area (Å²) in [4.78, 5) is 58.9. The van der Waals surface area contributed by atoms with Crippen LogP contribution in [-0.2, 0) is 11.3 Å². The molecule has 0 radical (unpaired) electrons. The average Bonchev–Trinajstić information content (AvgIpc) is 3.57. The fourth-order valence-corrected chi connectivity index (χ4v) is 8.51. The predicted octanol–water partition coefficient (Wildman–Crippen LogP) is 4.47. The molecule has 4 aliphatic rings. The maximum atomic E-state index is 14.0. The Labute approximate surface area is 307 Å². The first-order valence-electron chi connectivity index (χ1n) is 19.2. The molecule has 0 atom stereocenters. The minimum absolute atomic E-state index is 0.0115. The standard InChI is InChI=1S/C40H55N9O3/c1-45-20-15-32(16-21-45)46(2)39(51)37-36(33-6-4-5-7-34(33)43-37)29-13-24-49(25-14-29)38(50)30-11-22-48(23-12-30)27-28-8-19-42-35(26-28)44-40(52)47(3)31-9-17-41-18-10-31/h4-8,13,19,26,30-32,41,43H,9-12,14-18,20-25,27H2,1-3H3,(H,42,44,52). The Balaban J connectivity index is 0.935. The number of urea groups is 1. The van der Waals surface area contributed by atoms with E-state index in [4.69, 9.17) is 0 Å². The summed E-state index contributed by atoms with van der Waals surface area (Å²) in [6.07, 6.45) is 10.2. The minimum Gasteiger partial charge on any atom is -0.350 e. The molecular formula is C40H55N9O3. The van der Waals surface area contributed by atoms with E-state index in [0.29, 0.717) is 24.6 Å². The van der Waals surface area contributed by atoms with Crippen LogP contribution in [0.4, 0.5) is 10.6 Å². The molecule has 3 N–H and O–H groups in total. The number of amides is 4. The number of anilines is 1. The summed E-state index contributed by atoms with van der Waals surface area (Å²) < 4.78 is 0. The highest BCUT2D eigenvalue weighted by Crippen LogP contribution is 2.34. The second kappa shape index (κ2) is 16.2. The van der Waals surface area contributed by atoms with E-state index in [1.165, 1.54) is 0 Å². The number of hydrogen-bond acceptors (Lipinski definition) is 7. The number of likely N-dealkylation sites (tertiary alicyclic amines) is 2. The van der Waals surface area contributed by atoms with Crippen LogP contribution in [0.5, 0.6) is 0 Å². The molecule has 2 aromatic heterocycles. The zero-order valence-corrected chi connectivity index (χ0v) is 31.1. The van der Waals surface area contributed by atoms with E-state index in [-0.39, 0.29) is 35.8 Å². The SMILES string of the molecule is CN1CCC(N(C)C(=O)c2[nH]c3ccccc3c2C2=CCN(C(=O)C3CCN(Cc4ccnc(NC(=O)N(C)C5CCNCC5)c4)CC3)CC2)CC1. The van der Waals surface area contributed by atoms with Crippen LogP contribution in [0, 0.1) is 5.92 Å². The van der Waals surface area contributed by atoms with Gasteiger partial charge in [-0.2, -0.15) is 0 Å². The predicted molar refractivity (Wildman–Crippen MR) is 205 cm³/mol. The monoisotopic (exact) mass is 709 g/mol. The van der Waals surface area contributed by atoms with Crippen molar-refractivity contribution in [3.05, 3.63) is 65.5 Å². The fourth-order valence-electron chi connectivity index (χ4n) is 8.51. The molecule has 0 aliphatic carbocycles. The molecule has 3 aromatic rings. The number of carbonyl (C=O) groups is 3. The Kier molecular flexibility index (Phi) is 11.2. The van der Waals surface area contributed by atoms with E-state index >= 15 is 0 Å². The van der Waals surface area contributed by atoms with E-state index in [1.54, 1.807) is 11.1 Å². The van der Waals surface area contributed by atoms with Gasteiger partial charge in [0.25, 0.3) is 5.91 Å². The molecule has 52 heavy (non-hydrogen) atoms. The summed E-state index contributed by atoms with van der Waals surface area (Å²) in [5, 5.41) is 7.39. The third-order valence-corrected chi connectivity index (χ3v) is 11.9. The molecule has 12 heteroatoms. The van der Waals surface area contributed by atoms with E-state index in [2.05, 4.69) is 49.6 Å². The number of aromatic nitrogens is 2. The van der Waals surface area contributed by atoms with Crippen LogP contribution in [0.1, 0.15) is 66.6 Å². The van der Waals surface area contributed by atoms with Crippen molar-refractivity contribution < 1.29 is 14.4 Å². The topological polar surface area (TPSA) is 120 Å². The number of H-pyrrole nitrogens is 1. The molecule has 1 aromatic carbocycles. The largest absolute Gasteiger partial charge is 0.350 e. The van der Waals surface area contributed by atoms with Gasteiger partial charge in [-0.05, 0) is 121 Å². The Bertz CT molecular complexity index is 1770. The number of aromatic amines is 1. The number of benzene rings is 1. The molecule has 0 spiro atoms. The number of para-hydroxylation sites is 1. The van der Waals surface area contributed by atoms with Crippen molar-refractivity contribution in [1.29, 1.82) is 0 Å². The van der Waals surface area contributed by atoms with Crippen molar-refractivity contribution in [3.8, 4) is 0 Å². The van der Waals surface area contributed by atoms with Crippen LogP contribution in [0.25, 0.3) is 16.5 Å². The van der Waals surface area contributed by atoms with Crippen LogP contribution in [-0.4, -0.2) is 138 Å². The van der Waals surface area contributed by atoms with Crippen LogP contribution in [0.3, 0.4) is 0 Å². The number of piperidine rings is 3. The number of hydrogen-bond donors (Lipinski definition) is 3. The molecule has 3 fully saturated rings. The van der Waals surface area contributed by atoms with Gasteiger partial charge in [0.05, 0.1) is 0 Å². The van der Waals surface area contributed by atoms with Crippen molar-refractivity contribution in [1.82, 2.24) is 39.8 Å². The van der Waals surface area contributed by atoms with Gasteiger partial charge in [-0.15, -0.1) is 0 Å². The van der Waals surface area contributed by atoms with Crippen molar-refractivity contribution in [2.45, 2.75) is 63.6 Å². The molecule has 278 valence electrons. The number of rotatable bonds is 8. The second-order valence-electron chi connectivity index (χ2n) is 15.3. The summed E-state index contributed by atoms with van der Waals surface area (Å²) in [6.45, 7) is 7.52. The summed E-state index contributed by atoms with van der Waals surface area (Å²) >= 11 is 0. The van der Waals surface area contributed by atoms with Crippen molar-refractivity contribution in [2.75, 3.05) is 78.8 Å². The smallest absolute Gasteiger partial charge is 0.323 e. The lowest BCUT2D eigenvalue weighted by molar-refractivity contribution is -0.136. The van der Waals surface area contributed by atoms with Crippen molar-refractivity contribution >= 4 is 40.1 Å². The summed E-state index contributed by atoms with van der Waals surface area (Å²) in [5.74, 6) is 0.857. The van der Waals surface area contributed by atoms with Crippen LogP contribution >= 0.6 is 0 Å². The molecule has 7 rings (SSSR count). The number of carbonyl (C=O) groups excluding carboxylic acids is 3. The third kappa shape index (κ3) is 8.04. The highest BCUT2D eigenvalue weighted by molar-refractivity contribution is 6.07. The van der Waals surface area contributed by atoms with E-state index in [0.717, 1.165) is 118 Å². The lowest BCUT2D eigenvalue weighted by Crippen LogP contribution is -2.45. The third-order valence-electron chi connectivity index (χ3n) is 11.9.